The van der Waals surface area contributed by atoms with Gasteiger partial charge in [0.1, 0.15) is 23.3 Å². The number of piperazine rings is 1. The van der Waals surface area contributed by atoms with Crippen molar-refractivity contribution in [1.29, 1.82) is 0 Å². The zero-order chi connectivity index (χ0) is 32.6. The summed E-state index contributed by atoms with van der Waals surface area (Å²) in [6.07, 6.45) is 4.03. The molecule has 46 heavy (non-hydrogen) atoms. The molecule has 0 radical (unpaired) electrons. The Morgan fingerprint density at radius 2 is 1.78 bits per heavy atom. The van der Waals surface area contributed by atoms with Gasteiger partial charge in [0.05, 0.1) is 34.0 Å². The first-order chi connectivity index (χ1) is 22.0. The number of halogens is 3. The number of phenols is 1. The maximum absolute atomic E-state index is 17.3. The molecule has 2 amide bonds. The van der Waals surface area contributed by atoms with Crippen molar-refractivity contribution in [2.45, 2.75) is 44.2 Å². The van der Waals surface area contributed by atoms with Gasteiger partial charge < -0.3 is 19.8 Å². The molecule has 7 rings (SSSR count). The number of para-hydroxylation sites is 1. The number of nitrogens with zero attached hydrogens (tertiary/aromatic N) is 4. The molecule has 11 heteroatoms. The highest BCUT2D eigenvalue weighted by Gasteiger charge is 2.46. The summed E-state index contributed by atoms with van der Waals surface area (Å²) in [5, 5.41) is 10.7. The summed E-state index contributed by atoms with van der Waals surface area (Å²) in [6, 6.07) is 11.1. The molecule has 2 fully saturated rings. The van der Waals surface area contributed by atoms with Crippen LogP contribution in [-0.4, -0.2) is 58.6 Å². The van der Waals surface area contributed by atoms with E-state index in [1.165, 1.54) is 40.8 Å². The van der Waals surface area contributed by atoms with Gasteiger partial charge in [-0.2, -0.15) is 0 Å². The third kappa shape index (κ3) is 4.26. The highest BCUT2D eigenvalue weighted by atomic mass is 35.5. The van der Waals surface area contributed by atoms with Crippen LogP contribution < -0.4 is 15.4 Å². The molecule has 4 aromatic rings. The molecule has 3 heterocycles. The SMILES string of the molecule is C=CC(=O)N1C[C@@H]2C(=O)N(C)c3c(c4cc(Cl)c(-c5c(O)cccc5F)c(F)c4n(-c4ccccc4C4CCC4)c3=O)N2C[C@H]1C. The van der Waals surface area contributed by atoms with E-state index < -0.39 is 40.5 Å². The summed E-state index contributed by atoms with van der Waals surface area (Å²) >= 11 is 6.77. The highest BCUT2D eigenvalue weighted by molar-refractivity contribution is 6.35. The van der Waals surface area contributed by atoms with Gasteiger partial charge in [0.25, 0.3) is 11.5 Å². The Morgan fingerprint density at radius 3 is 2.46 bits per heavy atom. The van der Waals surface area contributed by atoms with E-state index in [0.29, 0.717) is 11.4 Å². The van der Waals surface area contributed by atoms with Gasteiger partial charge in [0.2, 0.25) is 5.91 Å². The molecular formula is C35H31ClF2N4O4. The number of carbonyl (C=O) groups excluding carboxylic acids is 2. The van der Waals surface area contributed by atoms with Gasteiger partial charge in [0.15, 0.2) is 5.82 Å². The largest absolute Gasteiger partial charge is 0.507 e. The van der Waals surface area contributed by atoms with E-state index in [2.05, 4.69) is 6.58 Å². The standard InChI is InChI=1S/C35H31ClF2N4O4/c1-4-27(44)40-17-25-34(45)39(3)33-32(41(25)16-18(40)2)21-15-22(36)28(29-23(37)12-8-14-26(29)43)30(38)31(21)42(35(33)46)24-13-6-5-11-20(24)19-9-7-10-19/h4-6,8,11-15,18-19,25,43H,1,7,9-10,16-17H2,2-3H3/t18-,25-/m1/s1. The lowest BCUT2D eigenvalue weighted by Gasteiger charge is -2.50. The Bertz CT molecular complexity index is 2020. The number of pyridine rings is 1. The van der Waals surface area contributed by atoms with E-state index in [4.69, 9.17) is 11.6 Å². The molecule has 1 saturated heterocycles. The number of aromatic hydroxyl groups is 1. The zero-order valence-corrected chi connectivity index (χ0v) is 26.0. The van der Waals surface area contributed by atoms with Gasteiger partial charge in [0, 0.05) is 30.6 Å². The van der Waals surface area contributed by atoms with Crippen molar-refractivity contribution in [2.75, 3.05) is 29.9 Å². The van der Waals surface area contributed by atoms with Crippen molar-refractivity contribution in [1.82, 2.24) is 9.47 Å². The summed E-state index contributed by atoms with van der Waals surface area (Å²) in [7, 11) is 1.50. The molecule has 8 nitrogen and oxygen atoms in total. The summed E-state index contributed by atoms with van der Waals surface area (Å²) in [6.45, 7) is 5.61. The normalized spacial score (nSPS) is 19.6. The number of hydrogen-bond donors (Lipinski definition) is 1. The first-order valence-corrected chi connectivity index (χ1v) is 15.6. The fourth-order valence-corrected chi connectivity index (χ4v) is 7.49. The Balaban J connectivity index is 1.61. The fraction of sp³-hybridized carbons (Fsp3) is 0.286. The van der Waals surface area contributed by atoms with Crippen molar-refractivity contribution in [3.05, 3.63) is 93.8 Å². The molecule has 1 N–H and O–H groups in total. The van der Waals surface area contributed by atoms with Crippen molar-refractivity contribution in [3.8, 4) is 22.6 Å². The molecule has 2 aliphatic heterocycles. The Labute approximate surface area is 268 Å². The summed E-state index contributed by atoms with van der Waals surface area (Å²) < 4.78 is 33.8. The van der Waals surface area contributed by atoms with E-state index in [1.807, 2.05) is 19.1 Å². The van der Waals surface area contributed by atoms with Gasteiger partial charge in [-0.3, -0.25) is 19.0 Å². The number of hydrogen-bond acceptors (Lipinski definition) is 5. The topological polar surface area (TPSA) is 86.1 Å². The van der Waals surface area contributed by atoms with Crippen molar-refractivity contribution in [2.24, 2.45) is 0 Å². The summed E-state index contributed by atoms with van der Waals surface area (Å²) in [4.78, 5) is 46.0. The van der Waals surface area contributed by atoms with Crippen LogP contribution in [0.1, 0.15) is 37.7 Å². The van der Waals surface area contributed by atoms with Crippen molar-refractivity contribution >= 4 is 45.7 Å². The average Bonchev–Trinajstić information content (AvgIpc) is 3.00. The minimum absolute atomic E-state index is 0.0289. The number of anilines is 2. The molecule has 2 atom stereocenters. The predicted molar refractivity (Wildman–Crippen MR) is 174 cm³/mol. The Morgan fingerprint density at radius 1 is 1.04 bits per heavy atom. The van der Waals surface area contributed by atoms with Crippen LogP contribution in [0.5, 0.6) is 5.75 Å². The smallest absolute Gasteiger partial charge is 0.281 e. The molecule has 1 aliphatic carbocycles. The Hall–Kier alpha value is -4.70. The van der Waals surface area contributed by atoms with Crippen LogP contribution in [0.15, 0.2) is 66.0 Å². The van der Waals surface area contributed by atoms with E-state index >= 15 is 8.78 Å². The van der Waals surface area contributed by atoms with Crippen LogP contribution in [-0.2, 0) is 9.59 Å². The number of amides is 2. The first-order valence-electron chi connectivity index (χ1n) is 15.2. The zero-order valence-electron chi connectivity index (χ0n) is 25.3. The fourth-order valence-electron chi connectivity index (χ4n) is 7.20. The second-order valence-corrected chi connectivity index (χ2v) is 12.6. The van der Waals surface area contributed by atoms with Gasteiger partial charge >= 0.3 is 0 Å². The molecule has 236 valence electrons. The van der Waals surface area contributed by atoms with Crippen molar-refractivity contribution in [3.63, 3.8) is 0 Å². The molecule has 1 aromatic heterocycles. The lowest BCUT2D eigenvalue weighted by Crippen LogP contribution is -2.66. The van der Waals surface area contributed by atoms with Crippen LogP contribution >= 0.6 is 11.6 Å². The predicted octanol–water partition coefficient (Wildman–Crippen LogP) is 6.13. The number of fused-ring (bicyclic) bond motifs is 5. The molecule has 0 bridgehead atoms. The monoisotopic (exact) mass is 644 g/mol. The maximum Gasteiger partial charge on any atom is 0.281 e. The molecular weight excluding hydrogens is 614 g/mol. The number of likely N-dealkylation sites (N-methyl/N-ethyl adjacent to an activating group) is 1. The minimum Gasteiger partial charge on any atom is -0.507 e. The molecule has 0 spiro atoms. The molecule has 3 aliphatic rings. The first kappa shape index (κ1) is 30.0. The Kier molecular flexibility index (Phi) is 7.15. The second kappa shape index (κ2) is 11.0. The van der Waals surface area contributed by atoms with E-state index in [1.54, 1.807) is 21.9 Å². The van der Waals surface area contributed by atoms with Gasteiger partial charge in [-0.25, -0.2) is 8.78 Å². The molecule has 1 saturated carbocycles. The highest BCUT2D eigenvalue weighted by Crippen LogP contribution is 2.48. The van der Waals surface area contributed by atoms with Gasteiger partial charge in [-0.05, 0) is 61.6 Å². The third-order valence-electron chi connectivity index (χ3n) is 9.70. The van der Waals surface area contributed by atoms with Gasteiger partial charge in [-0.15, -0.1) is 0 Å². The second-order valence-electron chi connectivity index (χ2n) is 12.2. The lowest BCUT2D eigenvalue weighted by molar-refractivity contribution is -0.130. The average molecular weight is 645 g/mol. The lowest BCUT2D eigenvalue weighted by atomic mass is 9.79. The molecule has 3 aromatic carbocycles. The number of benzene rings is 3. The van der Waals surface area contributed by atoms with Crippen LogP contribution in [0.4, 0.5) is 20.2 Å². The van der Waals surface area contributed by atoms with E-state index in [0.717, 1.165) is 30.9 Å². The van der Waals surface area contributed by atoms with Crippen LogP contribution in [0.3, 0.4) is 0 Å². The quantitative estimate of drug-likeness (QED) is 0.270. The summed E-state index contributed by atoms with van der Waals surface area (Å²) in [5.74, 6) is -2.95. The van der Waals surface area contributed by atoms with Gasteiger partial charge in [-0.1, -0.05) is 48.9 Å². The van der Waals surface area contributed by atoms with Crippen molar-refractivity contribution < 1.29 is 23.5 Å². The number of carbonyl (C=O) groups is 2. The third-order valence-corrected chi connectivity index (χ3v) is 10.00. The number of rotatable bonds is 4. The minimum atomic E-state index is -0.990. The number of aromatic nitrogens is 1. The van der Waals surface area contributed by atoms with E-state index in [9.17, 15) is 19.5 Å². The van der Waals surface area contributed by atoms with Crippen LogP contribution in [0, 0.1) is 11.6 Å². The van der Waals surface area contributed by atoms with E-state index in [-0.39, 0.29) is 58.1 Å². The van der Waals surface area contributed by atoms with Crippen LogP contribution in [0.25, 0.3) is 27.7 Å². The number of phenolic OH excluding ortho intramolecular Hbond substituents is 1. The van der Waals surface area contributed by atoms with Crippen LogP contribution in [0.2, 0.25) is 5.02 Å². The summed E-state index contributed by atoms with van der Waals surface area (Å²) in [5.41, 5.74) is 0.0538. The molecule has 0 unspecified atom stereocenters. The maximum atomic E-state index is 17.3.